The molecule has 0 aliphatic heterocycles. The van der Waals surface area contributed by atoms with Crippen molar-refractivity contribution in [3.8, 4) is 11.5 Å². The molecule has 1 unspecified atom stereocenters. The molecule has 0 fully saturated rings. The first-order valence-electron chi connectivity index (χ1n) is 5.27. The average Bonchev–Trinajstić information content (AvgIpc) is 2.29. The van der Waals surface area contributed by atoms with Gasteiger partial charge >= 0.3 is 0 Å². The normalized spacial score (nSPS) is 11.2. The number of ether oxygens (including phenoxy) is 2. The van der Waals surface area contributed by atoms with E-state index in [1.807, 2.05) is 6.92 Å². The monoisotopic (exact) mass is 258 g/mol. The molecule has 96 valence electrons. The van der Waals surface area contributed by atoms with E-state index in [4.69, 9.17) is 20.6 Å². The third-order valence-corrected chi connectivity index (χ3v) is 2.38. The predicted octanol–water partition coefficient (Wildman–Crippen LogP) is 2.58. The summed E-state index contributed by atoms with van der Waals surface area (Å²) in [7, 11) is 1.57. The molecular weight excluding hydrogens is 240 g/mol. The van der Waals surface area contributed by atoms with Gasteiger partial charge in [0.05, 0.1) is 13.2 Å². The fourth-order valence-electron chi connectivity index (χ4n) is 1.23. The number of rotatable bonds is 5. The summed E-state index contributed by atoms with van der Waals surface area (Å²) >= 11 is 0. The Morgan fingerprint density at radius 3 is 2.53 bits per heavy atom. The molecule has 1 aromatic carbocycles. The lowest BCUT2D eigenvalue weighted by Crippen LogP contribution is -2.13. The van der Waals surface area contributed by atoms with Crippen LogP contribution in [0.5, 0.6) is 11.5 Å². The van der Waals surface area contributed by atoms with Crippen LogP contribution in [0.25, 0.3) is 0 Å². The second-order valence-corrected chi connectivity index (χ2v) is 3.62. The summed E-state index contributed by atoms with van der Waals surface area (Å²) in [4.78, 5) is 0. The lowest BCUT2D eigenvalue weighted by atomic mass is 10.2. The first-order valence-corrected chi connectivity index (χ1v) is 5.27. The predicted molar refractivity (Wildman–Crippen MR) is 71.6 cm³/mol. The minimum Gasteiger partial charge on any atom is -0.493 e. The first kappa shape index (κ1) is 15.6. The molecule has 17 heavy (non-hydrogen) atoms. The number of nitrogens with one attached hydrogen (secondary N) is 1. The van der Waals surface area contributed by atoms with E-state index < -0.39 is 0 Å². The van der Waals surface area contributed by atoms with Crippen LogP contribution in [0.3, 0.4) is 0 Å². The third-order valence-electron chi connectivity index (χ3n) is 2.38. The number of halogens is 1. The molecule has 0 bridgehead atoms. The van der Waals surface area contributed by atoms with Gasteiger partial charge < -0.3 is 15.2 Å². The standard InChI is InChI=1S/C12H18N2O2.ClH/c1-4-8(2)16-10-6-5-9(12(13)14)7-11(10)15-3;/h5-8H,4H2,1-3H3,(H3,13,14);1H. The molecular formula is C12H19ClN2O2. The number of amidine groups is 1. The summed E-state index contributed by atoms with van der Waals surface area (Å²) in [5.74, 6) is 1.31. The average molecular weight is 259 g/mol. The van der Waals surface area contributed by atoms with Gasteiger partial charge in [-0.15, -0.1) is 12.4 Å². The second-order valence-electron chi connectivity index (χ2n) is 3.62. The molecule has 0 radical (unpaired) electrons. The Labute approximate surface area is 108 Å². The van der Waals surface area contributed by atoms with Gasteiger partial charge in [-0.05, 0) is 31.5 Å². The molecule has 4 nitrogen and oxygen atoms in total. The maximum Gasteiger partial charge on any atom is 0.161 e. The molecule has 3 N–H and O–H groups in total. The van der Waals surface area contributed by atoms with Crippen LogP contribution >= 0.6 is 12.4 Å². The summed E-state index contributed by atoms with van der Waals surface area (Å²) < 4.78 is 10.9. The minimum atomic E-state index is 0. The number of methoxy groups -OCH3 is 1. The van der Waals surface area contributed by atoms with Gasteiger partial charge in [-0.25, -0.2) is 0 Å². The number of nitrogens with two attached hydrogens (primary N) is 1. The molecule has 0 saturated heterocycles. The van der Waals surface area contributed by atoms with Crippen molar-refractivity contribution in [1.82, 2.24) is 0 Å². The SMILES string of the molecule is CCC(C)Oc1ccc(C(=N)N)cc1OC.Cl. The topological polar surface area (TPSA) is 68.3 Å². The smallest absolute Gasteiger partial charge is 0.161 e. The van der Waals surface area contributed by atoms with Crippen molar-refractivity contribution in [1.29, 1.82) is 5.41 Å². The van der Waals surface area contributed by atoms with Crippen LogP contribution < -0.4 is 15.2 Å². The molecule has 1 aromatic rings. The van der Waals surface area contributed by atoms with Gasteiger partial charge in [0.25, 0.3) is 0 Å². The van der Waals surface area contributed by atoms with Crippen molar-refractivity contribution in [3.05, 3.63) is 23.8 Å². The van der Waals surface area contributed by atoms with Gasteiger partial charge in [-0.2, -0.15) is 0 Å². The lowest BCUT2D eigenvalue weighted by molar-refractivity contribution is 0.207. The van der Waals surface area contributed by atoms with Crippen molar-refractivity contribution >= 4 is 18.2 Å². The van der Waals surface area contributed by atoms with Gasteiger partial charge in [0.15, 0.2) is 11.5 Å². The van der Waals surface area contributed by atoms with E-state index in [9.17, 15) is 0 Å². The fraction of sp³-hybridized carbons (Fsp3) is 0.417. The van der Waals surface area contributed by atoms with Gasteiger partial charge in [-0.1, -0.05) is 6.92 Å². The Hall–Kier alpha value is -1.42. The second kappa shape index (κ2) is 7.01. The van der Waals surface area contributed by atoms with E-state index >= 15 is 0 Å². The lowest BCUT2D eigenvalue weighted by Gasteiger charge is -2.16. The number of hydrogen-bond acceptors (Lipinski definition) is 3. The van der Waals surface area contributed by atoms with Crippen LogP contribution in [0.4, 0.5) is 0 Å². The Kier molecular flexibility index (Phi) is 6.43. The van der Waals surface area contributed by atoms with Crippen LogP contribution in [0, 0.1) is 5.41 Å². The first-order chi connectivity index (χ1) is 7.58. The zero-order valence-electron chi connectivity index (χ0n) is 10.3. The van der Waals surface area contributed by atoms with Crippen molar-refractivity contribution in [3.63, 3.8) is 0 Å². The Morgan fingerprint density at radius 2 is 2.06 bits per heavy atom. The summed E-state index contributed by atoms with van der Waals surface area (Å²) in [6.45, 7) is 4.05. The highest BCUT2D eigenvalue weighted by atomic mass is 35.5. The molecule has 0 saturated carbocycles. The van der Waals surface area contributed by atoms with Crippen molar-refractivity contribution in [2.75, 3.05) is 7.11 Å². The highest BCUT2D eigenvalue weighted by Gasteiger charge is 2.09. The largest absolute Gasteiger partial charge is 0.493 e. The maximum atomic E-state index is 7.34. The van der Waals surface area contributed by atoms with Gasteiger partial charge in [0.2, 0.25) is 0 Å². The summed E-state index contributed by atoms with van der Waals surface area (Å²) in [5, 5.41) is 7.34. The van der Waals surface area contributed by atoms with Crippen molar-refractivity contribution < 1.29 is 9.47 Å². The van der Waals surface area contributed by atoms with Crippen LogP contribution in [0.2, 0.25) is 0 Å². The fourth-order valence-corrected chi connectivity index (χ4v) is 1.23. The van der Waals surface area contributed by atoms with Crippen LogP contribution in [-0.2, 0) is 0 Å². The van der Waals surface area contributed by atoms with Gasteiger partial charge in [-0.3, -0.25) is 5.41 Å². The summed E-state index contributed by atoms with van der Waals surface area (Å²) in [6.07, 6.45) is 1.06. The Bertz CT molecular complexity index is 383. The summed E-state index contributed by atoms with van der Waals surface area (Å²) in [5.41, 5.74) is 6.03. The molecule has 0 aliphatic carbocycles. The number of benzene rings is 1. The maximum absolute atomic E-state index is 7.34. The highest BCUT2D eigenvalue weighted by Crippen LogP contribution is 2.29. The van der Waals surface area contributed by atoms with E-state index in [2.05, 4.69) is 6.92 Å². The Morgan fingerprint density at radius 1 is 1.41 bits per heavy atom. The van der Waals surface area contributed by atoms with Crippen molar-refractivity contribution in [2.45, 2.75) is 26.4 Å². The molecule has 0 aliphatic rings. The highest BCUT2D eigenvalue weighted by molar-refractivity contribution is 5.95. The molecule has 0 aromatic heterocycles. The van der Waals surface area contributed by atoms with Crippen LogP contribution in [0.1, 0.15) is 25.8 Å². The van der Waals surface area contributed by atoms with Crippen LogP contribution in [0.15, 0.2) is 18.2 Å². The summed E-state index contributed by atoms with van der Waals surface area (Å²) in [6, 6.07) is 5.24. The van der Waals surface area contributed by atoms with E-state index in [-0.39, 0.29) is 24.3 Å². The molecule has 0 spiro atoms. The van der Waals surface area contributed by atoms with Gasteiger partial charge in [0.1, 0.15) is 5.84 Å². The molecule has 0 amide bonds. The Balaban J connectivity index is 0.00000256. The molecule has 0 heterocycles. The molecule has 5 heteroatoms. The van der Waals surface area contributed by atoms with E-state index in [1.54, 1.807) is 25.3 Å². The van der Waals surface area contributed by atoms with Crippen LogP contribution in [-0.4, -0.2) is 19.0 Å². The van der Waals surface area contributed by atoms with Crippen molar-refractivity contribution in [2.24, 2.45) is 5.73 Å². The van der Waals surface area contributed by atoms with E-state index in [0.29, 0.717) is 17.1 Å². The molecule has 1 rings (SSSR count). The van der Waals surface area contributed by atoms with E-state index in [0.717, 1.165) is 6.42 Å². The van der Waals surface area contributed by atoms with E-state index in [1.165, 1.54) is 0 Å². The quantitative estimate of drug-likeness (QED) is 0.630. The third kappa shape index (κ3) is 4.15. The zero-order valence-corrected chi connectivity index (χ0v) is 11.1. The number of hydrogen-bond donors (Lipinski definition) is 2. The zero-order chi connectivity index (χ0) is 12.1. The molecule has 1 atom stereocenters. The van der Waals surface area contributed by atoms with Gasteiger partial charge in [0, 0.05) is 5.56 Å². The number of nitrogen functional groups attached to an aromatic ring is 1. The minimum absolute atomic E-state index is 0.